The van der Waals surface area contributed by atoms with E-state index >= 15 is 0 Å². The van der Waals surface area contributed by atoms with Crippen LogP contribution in [-0.4, -0.2) is 58.2 Å². The molecule has 0 bridgehead atoms. The molecule has 7 heteroatoms. The number of benzene rings is 2. The Balaban J connectivity index is 1.30. The van der Waals surface area contributed by atoms with Gasteiger partial charge in [-0.1, -0.05) is 60.7 Å². The highest BCUT2D eigenvalue weighted by atomic mass is 15.3. The Hall–Kier alpha value is -3.16. The van der Waals surface area contributed by atoms with Crippen LogP contribution >= 0.6 is 0 Å². The van der Waals surface area contributed by atoms with Crippen LogP contribution in [0, 0.1) is 0 Å². The minimum Gasteiger partial charge on any atom is -0.393 e. The maximum absolute atomic E-state index is 6.68. The summed E-state index contributed by atoms with van der Waals surface area (Å²) in [5.74, 6) is 1.58. The highest BCUT2D eigenvalue weighted by molar-refractivity contribution is 5.75. The van der Waals surface area contributed by atoms with Crippen molar-refractivity contribution in [1.29, 1.82) is 0 Å². The van der Waals surface area contributed by atoms with Crippen LogP contribution in [0.15, 0.2) is 67.0 Å². The van der Waals surface area contributed by atoms with Crippen molar-refractivity contribution < 1.29 is 0 Å². The van der Waals surface area contributed by atoms with Gasteiger partial charge in [0.15, 0.2) is 11.6 Å². The molecule has 4 N–H and O–H groups in total. The van der Waals surface area contributed by atoms with Crippen molar-refractivity contribution in [3.05, 3.63) is 78.1 Å². The number of hydrogen-bond donors (Lipinski definition) is 3. The fourth-order valence-electron chi connectivity index (χ4n) is 6.45. The van der Waals surface area contributed by atoms with Gasteiger partial charge >= 0.3 is 0 Å². The van der Waals surface area contributed by atoms with E-state index in [0.29, 0.717) is 11.7 Å². The second kappa shape index (κ2) is 10.3. The molecule has 3 heterocycles. The van der Waals surface area contributed by atoms with E-state index < -0.39 is 0 Å². The van der Waals surface area contributed by atoms with Gasteiger partial charge in [0.1, 0.15) is 12.0 Å². The van der Waals surface area contributed by atoms with Crippen molar-refractivity contribution in [3.8, 4) is 0 Å². The summed E-state index contributed by atoms with van der Waals surface area (Å²) >= 11 is 0. The molecule has 2 aromatic carbocycles. The molecule has 5 rings (SSSR count). The molecule has 0 aliphatic carbocycles. The van der Waals surface area contributed by atoms with Crippen LogP contribution in [0.2, 0.25) is 0 Å². The molecule has 7 nitrogen and oxygen atoms in total. The van der Waals surface area contributed by atoms with Gasteiger partial charge in [-0.3, -0.25) is 4.90 Å². The van der Waals surface area contributed by atoms with Gasteiger partial charge in [-0.15, -0.1) is 0 Å². The molecule has 0 saturated carbocycles. The largest absolute Gasteiger partial charge is 0.393 e. The number of nitrogens with zero attached hydrogens (tertiary/aromatic N) is 4. The van der Waals surface area contributed by atoms with Crippen LogP contribution < -0.4 is 21.3 Å². The second-order valence-corrected chi connectivity index (χ2v) is 11.8. The van der Waals surface area contributed by atoms with Gasteiger partial charge in [0.2, 0.25) is 0 Å². The lowest BCUT2D eigenvalue weighted by Crippen LogP contribution is -2.60. The predicted octanol–water partition coefficient (Wildman–Crippen LogP) is 4.69. The molecule has 3 aromatic rings. The molecule has 0 radical (unpaired) electrons. The molecule has 1 aromatic heterocycles. The summed E-state index contributed by atoms with van der Waals surface area (Å²) in [5, 5.41) is 7.40. The Morgan fingerprint density at radius 1 is 0.838 bits per heavy atom. The maximum atomic E-state index is 6.68. The zero-order chi connectivity index (χ0) is 26.0. The summed E-state index contributed by atoms with van der Waals surface area (Å²) < 4.78 is 0. The number of anilines is 3. The van der Waals surface area contributed by atoms with Gasteiger partial charge in [0, 0.05) is 43.3 Å². The predicted molar refractivity (Wildman–Crippen MR) is 153 cm³/mol. The number of nitrogens with one attached hydrogen (secondary N) is 2. The van der Waals surface area contributed by atoms with Crippen molar-refractivity contribution in [3.63, 3.8) is 0 Å². The molecular formula is C30H41N7. The summed E-state index contributed by atoms with van der Waals surface area (Å²) in [6.07, 6.45) is 3.66. The average molecular weight is 500 g/mol. The first-order valence-corrected chi connectivity index (χ1v) is 13.5. The third-order valence-electron chi connectivity index (χ3n) is 7.60. The van der Waals surface area contributed by atoms with E-state index in [4.69, 9.17) is 5.73 Å². The van der Waals surface area contributed by atoms with Gasteiger partial charge in [0.05, 0.1) is 6.04 Å². The molecule has 0 atom stereocenters. The minimum absolute atomic E-state index is 0.0500. The SMILES string of the molecule is CC1(C)CC(Nc2ncnc(N3CCN(C(c4ccccc4)c4ccccc4)CC3)c2N)CC(C)(C)N1. The maximum Gasteiger partial charge on any atom is 0.157 e. The Labute approximate surface area is 221 Å². The molecule has 2 saturated heterocycles. The Bertz CT molecular complexity index is 1120. The monoisotopic (exact) mass is 499 g/mol. The van der Waals surface area contributed by atoms with Crippen molar-refractivity contribution in [2.75, 3.05) is 42.1 Å². The first kappa shape index (κ1) is 25.5. The van der Waals surface area contributed by atoms with E-state index in [2.05, 4.69) is 119 Å². The smallest absolute Gasteiger partial charge is 0.157 e. The normalized spacial score (nSPS) is 20.2. The zero-order valence-corrected chi connectivity index (χ0v) is 22.6. The fraction of sp³-hybridized carbons (Fsp3) is 0.467. The summed E-state index contributed by atoms with van der Waals surface area (Å²) in [7, 11) is 0. The fourth-order valence-corrected chi connectivity index (χ4v) is 6.45. The molecule has 0 unspecified atom stereocenters. The number of aromatic nitrogens is 2. The standard InChI is InChI=1S/C30H41N7/c1-29(2)19-24(20-30(3,4)35-29)34-27-25(31)28(33-21-32-27)37-17-15-36(16-18-37)26(22-11-7-5-8-12-22)23-13-9-6-10-14-23/h5-14,21,24,26,35H,15-20,31H2,1-4H3,(H,32,33,34). The molecule has 0 amide bonds. The third-order valence-corrected chi connectivity index (χ3v) is 7.60. The van der Waals surface area contributed by atoms with Crippen LogP contribution in [0.1, 0.15) is 57.7 Å². The van der Waals surface area contributed by atoms with Gasteiger partial charge in [-0.25, -0.2) is 9.97 Å². The lowest BCUT2D eigenvalue weighted by Gasteiger charge is -2.46. The van der Waals surface area contributed by atoms with Crippen LogP contribution in [0.3, 0.4) is 0 Å². The van der Waals surface area contributed by atoms with Crippen molar-refractivity contribution in [1.82, 2.24) is 20.2 Å². The number of rotatable bonds is 6. The van der Waals surface area contributed by atoms with Crippen LogP contribution in [-0.2, 0) is 0 Å². The number of hydrogen-bond acceptors (Lipinski definition) is 7. The Morgan fingerprint density at radius 3 is 1.92 bits per heavy atom. The Morgan fingerprint density at radius 2 is 1.38 bits per heavy atom. The summed E-state index contributed by atoms with van der Waals surface area (Å²) in [6.45, 7) is 12.6. The molecule has 37 heavy (non-hydrogen) atoms. The van der Waals surface area contributed by atoms with E-state index in [1.54, 1.807) is 6.33 Å². The van der Waals surface area contributed by atoms with Gasteiger partial charge in [-0.2, -0.15) is 0 Å². The third kappa shape index (κ3) is 5.89. The summed E-state index contributed by atoms with van der Waals surface area (Å²) in [5.41, 5.74) is 10.1. The molecular weight excluding hydrogens is 458 g/mol. The minimum atomic E-state index is 0.0500. The van der Waals surface area contributed by atoms with Crippen LogP contribution in [0.5, 0.6) is 0 Å². The van der Waals surface area contributed by atoms with E-state index in [0.717, 1.165) is 50.7 Å². The van der Waals surface area contributed by atoms with E-state index in [1.165, 1.54) is 11.1 Å². The van der Waals surface area contributed by atoms with Gasteiger partial charge in [-0.05, 0) is 51.7 Å². The van der Waals surface area contributed by atoms with Gasteiger partial charge in [0.25, 0.3) is 0 Å². The summed E-state index contributed by atoms with van der Waals surface area (Å²) in [6, 6.07) is 22.1. The molecule has 0 spiro atoms. The number of nitrogen functional groups attached to an aromatic ring is 1. The number of piperidine rings is 1. The molecule has 2 aliphatic rings. The van der Waals surface area contributed by atoms with E-state index in [9.17, 15) is 0 Å². The number of piperazine rings is 1. The lowest BCUT2D eigenvalue weighted by atomic mass is 9.79. The van der Waals surface area contributed by atoms with Crippen molar-refractivity contribution in [2.24, 2.45) is 0 Å². The van der Waals surface area contributed by atoms with Crippen molar-refractivity contribution in [2.45, 2.75) is 63.7 Å². The van der Waals surface area contributed by atoms with Crippen LogP contribution in [0.25, 0.3) is 0 Å². The summed E-state index contributed by atoms with van der Waals surface area (Å²) in [4.78, 5) is 14.0. The van der Waals surface area contributed by atoms with Crippen LogP contribution in [0.4, 0.5) is 17.3 Å². The van der Waals surface area contributed by atoms with E-state index in [-0.39, 0.29) is 17.1 Å². The first-order valence-electron chi connectivity index (χ1n) is 13.5. The highest BCUT2D eigenvalue weighted by Gasteiger charge is 2.38. The molecule has 2 fully saturated rings. The average Bonchev–Trinajstić information content (AvgIpc) is 2.86. The molecule has 196 valence electrons. The molecule has 2 aliphatic heterocycles. The zero-order valence-electron chi connectivity index (χ0n) is 22.6. The van der Waals surface area contributed by atoms with Gasteiger partial charge < -0.3 is 21.3 Å². The lowest BCUT2D eigenvalue weighted by molar-refractivity contribution is 0.170. The first-order chi connectivity index (χ1) is 17.7. The van der Waals surface area contributed by atoms with E-state index in [1.807, 2.05) is 0 Å². The van der Waals surface area contributed by atoms with Crippen molar-refractivity contribution >= 4 is 17.3 Å². The Kier molecular flexibility index (Phi) is 7.10. The number of nitrogens with two attached hydrogens (primary N) is 1. The highest BCUT2D eigenvalue weighted by Crippen LogP contribution is 2.34. The second-order valence-electron chi connectivity index (χ2n) is 11.8. The quantitative estimate of drug-likeness (QED) is 0.454. The topological polar surface area (TPSA) is 82.3 Å².